The van der Waals surface area contributed by atoms with E-state index in [9.17, 15) is 4.79 Å². The minimum Gasteiger partial charge on any atom is -0.496 e. The predicted molar refractivity (Wildman–Crippen MR) is 98.8 cm³/mol. The number of aromatic nitrogens is 1. The first kappa shape index (κ1) is 17.0. The second kappa shape index (κ2) is 7.34. The molecule has 0 unspecified atom stereocenters. The standard InChI is InChI=1S/C19H24N2O2S/c1-12-11-15(9-10-16(12)23-3)17-13(2)24-19(20-17)21-18(22)14-7-5-4-6-8-14/h9-11,14H,4-8H2,1-3H3,(H,20,21,22). The third-order valence-corrected chi connectivity index (χ3v) is 5.56. The van der Waals surface area contributed by atoms with Crippen molar-refractivity contribution in [1.29, 1.82) is 0 Å². The van der Waals surface area contributed by atoms with Gasteiger partial charge in [-0.05, 0) is 50.5 Å². The van der Waals surface area contributed by atoms with Crippen LogP contribution in [0.15, 0.2) is 18.2 Å². The van der Waals surface area contributed by atoms with Crippen molar-refractivity contribution in [2.45, 2.75) is 46.0 Å². The highest BCUT2D eigenvalue weighted by molar-refractivity contribution is 7.16. The molecule has 4 nitrogen and oxygen atoms in total. The number of anilines is 1. The van der Waals surface area contributed by atoms with E-state index >= 15 is 0 Å². The van der Waals surface area contributed by atoms with Crippen molar-refractivity contribution in [3.8, 4) is 17.0 Å². The molecule has 1 aromatic heterocycles. The topological polar surface area (TPSA) is 51.2 Å². The Hall–Kier alpha value is -1.88. The number of carbonyl (C=O) groups excluding carboxylic acids is 1. The van der Waals surface area contributed by atoms with E-state index in [0.717, 1.165) is 53.1 Å². The number of rotatable bonds is 4. The minimum atomic E-state index is 0.126. The lowest BCUT2D eigenvalue weighted by Gasteiger charge is -2.19. The van der Waals surface area contributed by atoms with Crippen LogP contribution in [-0.4, -0.2) is 18.0 Å². The quantitative estimate of drug-likeness (QED) is 0.853. The number of amides is 1. The Morgan fingerprint density at radius 1 is 1.25 bits per heavy atom. The maximum absolute atomic E-state index is 12.4. The zero-order chi connectivity index (χ0) is 17.1. The number of benzene rings is 1. The highest BCUT2D eigenvalue weighted by Crippen LogP contribution is 2.33. The van der Waals surface area contributed by atoms with Crippen molar-refractivity contribution >= 4 is 22.4 Å². The number of hydrogen-bond donors (Lipinski definition) is 1. The van der Waals surface area contributed by atoms with Crippen LogP contribution < -0.4 is 10.1 Å². The van der Waals surface area contributed by atoms with Crippen LogP contribution in [0.2, 0.25) is 0 Å². The number of nitrogens with zero attached hydrogens (tertiary/aromatic N) is 1. The molecule has 5 heteroatoms. The fraction of sp³-hybridized carbons (Fsp3) is 0.474. The average Bonchev–Trinajstić information content (AvgIpc) is 2.96. The van der Waals surface area contributed by atoms with Gasteiger partial charge in [0.25, 0.3) is 0 Å². The molecule has 0 atom stereocenters. The van der Waals surface area contributed by atoms with Crippen LogP contribution in [0.5, 0.6) is 5.75 Å². The molecule has 1 heterocycles. The van der Waals surface area contributed by atoms with Gasteiger partial charge in [-0.3, -0.25) is 4.79 Å². The maximum Gasteiger partial charge on any atom is 0.229 e. The number of methoxy groups -OCH3 is 1. The lowest BCUT2D eigenvalue weighted by molar-refractivity contribution is -0.120. The Bertz CT molecular complexity index is 733. The molecule has 3 rings (SSSR count). The second-order valence-electron chi connectivity index (χ2n) is 6.43. The fourth-order valence-electron chi connectivity index (χ4n) is 3.32. The van der Waals surface area contributed by atoms with E-state index in [4.69, 9.17) is 4.74 Å². The van der Waals surface area contributed by atoms with Crippen molar-refractivity contribution in [1.82, 2.24) is 4.98 Å². The van der Waals surface area contributed by atoms with E-state index in [2.05, 4.69) is 16.4 Å². The Balaban J connectivity index is 1.77. The van der Waals surface area contributed by atoms with Gasteiger partial charge in [-0.1, -0.05) is 19.3 Å². The number of hydrogen-bond acceptors (Lipinski definition) is 4. The lowest BCUT2D eigenvalue weighted by atomic mass is 9.89. The SMILES string of the molecule is COc1ccc(-c2nc(NC(=O)C3CCCCC3)sc2C)cc1C. The molecule has 0 radical (unpaired) electrons. The van der Waals surface area contributed by atoms with E-state index in [1.54, 1.807) is 18.4 Å². The Morgan fingerprint density at radius 2 is 2.00 bits per heavy atom. The van der Waals surface area contributed by atoms with Gasteiger partial charge < -0.3 is 10.1 Å². The molecule has 24 heavy (non-hydrogen) atoms. The van der Waals surface area contributed by atoms with Crippen LogP contribution in [0.4, 0.5) is 5.13 Å². The van der Waals surface area contributed by atoms with Gasteiger partial charge in [0.05, 0.1) is 12.8 Å². The summed E-state index contributed by atoms with van der Waals surface area (Å²) in [7, 11) is 1.68. The first-order chi connectivity index (χ1) is 11.6. The molecule has 1 saturated carbocycles. The monoisotopic (exact) mass is 344 g/mol. The van der Waals surface area contributed by atoms with E-state index in [-0.39, 0.29) is 11.8 Å². The van der Waals surface area contributed by atoms with Gasteiger partial charge in [0.2, 0.25) is 5.91 Å². The largest absolute Gasteiger partial charge is 0.496 e. The second-order valence-corrected chi connectivity index (χ2v) is 7.64. The highest BCUT2D eigenvalue weighted by Gasteiger charge is 2.22. The first-order valence-corrected chi connectivity index (χ1v) is 9.33. The Labute approximate surface area is 147 Å². The molecule has 128 valence electrons. The zero-order valence-electron chi connectivity index (χ0n) is 14.5. The third-order valence-electron chi connectivity index (χ3n) is 4.67. The predicted octanol–water partition coefficient (Wildman–Crippen LogP) is 4.95. The molecular weight excluding hydrogens is 320 g/mol. The van der Waals surface area contributed by atoms with Crippen molar-refractivity contribution in [2.75, 3.05) is 12.4 Å². The highest BCUT2D eigenvalue weighted by atomic mass is 32.1. The van der Waals surface area contributed by atoms with Gasteiger partial charge >= 0.3 is 0 Å². The van der Waals surface area contributed by atoms with Gasteiger partial charge in [-0.2, -0.15) is 0 Å². The Morgan fingerprint density at radius 3 is 2.67 bits per heavy atom. The zero-order valence-corrected chi connectivity index (χ0v) is 15.3. The average molecular weight is 344 g/mol. The molecule has 1 amide bonds. The van der Waals surface area contributed by atoms with Gasteiger partial charge in [0, 0.05) is 16.4 Å². The summed E-state index contributed by atoms with van der Waals surface area (Å²) in [6, 6.07) is 6.05. The molecule has 1 fully saturated rings. The van der Waals surface area contributed by atoms with Crippen molar-refractivity contribution in [3.63, 3.8) is 0 Å². The Kier molecular flexibility index (Phi) is 5.19. The number of aryl methyl sites for hydroxylation is 2. The van der Waals surface area contributed by atoms with Gasteiger partial charge in [0.1, 0.15) is 5.75 Å². The molecule has 0 spiro atoms. The molecule has 0 bridgehead atoms. The molecule has 0 saturated heterocycles. The smallest absolute Gasteiger partial charge is 0.229 e. The van der Waals surface area contributed by atoms with Crippen LogP contribution in [0.25, 0.3) is 11.3 Å². The van der Waals surface area contributed by atoms with Crippen LogP contribution in [0.1, 0.15) is 42.5 Å². The van der Waals surface area contributed by atoms with Crippen LogP contribution in [0.3, 0.4) is 0 Å². The maximum atomic E-state index is 12.4. The molecular formula is C19H24N2O2S. The summed E-state index contributed by atoms with van der Waals surface area (Å²) in [6.45, 7) is 4.07. The summed E-state index contributed by atoms with van der Waals surface area (Å²) in [4.78, 5) is 18.2. The number of thiazole rings is 1. The van der Waals surface area contributed by atoms with Crippen molar-refractivity contribution in [2.24, 2.45) is 5.92 Å². The van der Waals surface area contributed by atoms with Gasteiger partial charge in [-0.15, -0.1) is 11.3 Å². The van der Waals surface area contributed by atoms with Gasteiger partial charge in [0.15, 0.2) is 5.13 Å². The van der Waals surface area contributed by atoms with E-state index in [1.165, 1.54) is 6.42 Å². The first-order valence-electron chi connectivity index (χ1n) is 8.52. The van der Waals surface area contributed by atoms with Crippen LogP contribution in [-0.2, 0) is 4.79 Å². The van der Waals surface area contributed by atoms with Crippen molar-refractivity contribution < 1.29 is 9.53 Å². The molecule has 1 N–H and O–H groups in total. The molecule has 2 aromatic rings. The normalized spacial score (nSPS) is 15.3. The summed E-state index contributed by atoms with van der Waals surface area (Å²) in [5.41, 5.74) is 3.07. The molecule has 0 aliphatic heterocycles. The third kappa shape index (κ3) is 3.61. The summed E-state index contributed by atoms with van der Waals surface area (Å²) >= 11 is 1.54. The summed E-state index contributed by atoms with van der Waals surface area (Å²) in [5.74, 6) is 1.15. The number of ether oxygens (including phenoxy) is 1. The van der Waals surface area contributed by atoms with Crippen LogP contribution in [0, 0.1) is 19.8 Å². The molecule has 1 aromatic carbocycles. The van der Waals surface area contributed by atoms with E-state index in [1.807, 2.05) is 26.0 Å². The number of nitrogens with one attached hydrogen (secondary N) is 1. The lowest BCUT2D eigenvalue weighted by Crippen LogP contribution is -2.24. The van der Waals surface area contributed by atoms with E-state index in [0.29, 0.717) is 5.13 Å². The summed E-state index contributed by atoms with van der Waals surface area (Å²) < 4.78 is 5.32. The van der Waals surface area contributed by atoms with Crippen molar-refractivity contribution in [3.05, 3.63) is 28.6 Å². The fourth-order valence-corrected chi connectivity index (χ4v) is 4.15. The van der Waals surface area contributed by atoms with E-state index < -0.39 is 0 Å². The molecule has 1 aliphatic carbocycles. The molecule has 1 aliphatic rings. The van der Waals surface area contributed by atoms with Gasteiger partial charge in [-0.25, -0.2) is 4.98 Å². The minimum absolute atomic E-state index is 0.126. The summed E-state index contributed by atoms with van der Waals surface area (Å²) in [6.07, 6.45) is 5.57. The number of carbonyl (C=O) groups is 1. The summed E-state index contributed by atoms with van der Waals surface area (Å²) in [5, 5.41) is 3.72. The van der Waals surface area contributed by atoms with Crippen LogP contribution >= 0.6 is 11.3 Å².